The molecule has 0 saturated carbocycles. The van der Waals surface area contributed by atoms with Gasteiger partial charge in [0.25, 0.3) is 0 Å². The lowest BCUT2D eigenvalue weighted by atomic mass is 9.98. The van der Waals surface area contributed by atoms with Gasteiger partial charge in [-0.3, -0.25) is 14.5 Å². The third-order valence-corrected chi connectivity index (χ3v) is 6.97. The Kier molecular flexibility index (Phi) is 6.82. The molecule has 0 bridgehead atoms. The summed E-state index contributed by atoms with van der Waals surface area (Å²) >= 11 is 5.93. The molecular weight excluding hydrogens is 501 g/mol. The molecule has 0 amide bonds. The van der Waals surface area contributed by atoms with Gasteiger partial charge in [0, 0.05) is 33.8 Å². The second kappa shape index (κ2) is 9.67. The highest BCUT2D eigenvalue weighted by molar-refractivity contribution is 7.92. The lowest BCUT2D eigenvalue weighted by Crippen LogP contribution is -2.19. The number of sulfonamides is 1. The zero-order chi connectivity index (χ0) is 25.3. The average molecular weight is 519 g/mol. The first-order valence-corrected chi connectivity index (χ1v) is 12.5. The summed E-state index contributed by atoms with van der Waals surface area (Å²) in [5, 5.41) is 1.07. The number of benzene rings is 3. The number of anilines is 1. The third-order valence-electron chi connectivity index (χ3n) is 5.24. The number of aromatic nitrogens is 1. The summed E-state index contributed by atoms with van der Waals surface area (Å²) in [6.45, 7) is 1.59. The Balaban J connectivity index is 1.77. The Morgan fingerprint density at radius 1 is 0.971 bits per heavy atom. The maximum Gasteiger partial charge on any atom is 0.232 e. The van der Waals surface area contributed by atoms with Gasteiger partial charge in [0.2, 0.25) is 10.0 Å². The van der Waals surface area contributed by atoms with E-state index in [4.69, 9.17) is 11.6 Å². The summed E-state index contributed by atoms with van der Waals surface area (Å²) in [6.07, 6.45) is 1.85. The standard InChI is InChI=1S/C25H18ClF3N2O3S/c1-2-9-35(33,34)31-21-12-19(27)23(28)22(24(21)29)25(32)15-5-8-20-16(10-15)11-17(13-30-20)14-3-6-18(26)7-4-14/h3-8,10-13,31H,2,9H2,1H3. The van der Waals surface area contributed by atoms with Crippen molar-refractivity contribution in [1.29, 1.82) is 0 Å². The lowest BCUT2D eigenvalue weighted by molar-refractivity contribution is 0.103. The summed E-state index contributed by atoms with van der Waals surface area (Å²) in [5.74, 6) is -6.27. The molecule has 0 fully saturated rings. The second-order valence-corrected chi connectivity index (χ2v) is 10.1. The minimum atomic E-state index is -4.01. The van der Waals surface area contributed by atoms with Crippen LogP contribution in [0.2, 0.25) is 5.02 Å². The largest absolute Gasteiger partial charge is 0.288 e. The van der Waals surface area contributed by atoms with Gasteiger partial charge in [-0.05, 0) is 48.4 Å². The SMILES string of the molecule is CCCS(=O)(=O)Nc1cc(F)c(F)c(C(=O)c2ccc3ncc(-c4ccc(Cl)cc4)cc3c2)c1F. The van der Waals surface area contributed by atoms with Crippen LogP contribution in [-0.4, -0.2) is 24.9 Å². The normalized spacial score (nSPS) is 11.6. The summed E-state index contributed by atoms with van der Waals surface area (Å²) in [7, 11) is -4.01. The summed E-state index contributed by atoms with van der Waals surface area (Å²) in [5.41, 5.74) is -0.111. The predicted octanol–water partition coefficient (Wildman–Crippen LogP) is 6.36. The van der Waals surface area contributed by atoms with E-state index < -0.39 is 44.5 Å². The molecule has 3 aromatic carbocycles. The van der Waals surface area contributed by atoms with Crippen molar-refractivity contribution >= 4 is 44.0 Å². The molecule has 4 rings (SSSR count). The van der Waals surface area contributed by atoms with Crippen LogP contribution in [0.5, 0.6) is 0 Å². The van der Waals surface area contributed by atoms with Crippen LogP contribution in [0.15, 0.2) is 60.8 Å². The Morgan fingerprint density at radius 3 is 2.37 bits per heavy atom. The fraction of sp³-hybridized carbons (Fsp3) is 0.120. The first-order valence-electron chi connectivity index (χ1n) is 10.5. The number of carbonyl (C=O) groups excluding carboxylic acids is 1. The van der Waals surface area contributed by atoms with Crippen molar-refractivity contribution in [3.63, 3.8) is 0 Å². The van der Waals surface area contributed by atoms with Crippen molar-refractivity contribution in [2.75, 3.05) is 10.5 Å². The molecule has 0 radical (unpaired) electrons. The van der Waals surface area contributed by atoms with Crippen LogP contribution in [0.1, 0.15) is 29.3 Å². The molecule has 180 valence electrons. The number of hydrogen-bond donors (Lipinski definition) is 1. The predicted molar refractivity (Wildman–Crippen MR) is 130 cm³/mol. The molecule has 1 aromatic heterocycles. The maximum absolute atomic E-state index is 15.1. The minimum absolute atomic E-state index is 0.127. The van der Waals surface area contributed by atoms with Gasteiger partial charge >= 0.3 is 0 Å². The fourth-order valence-electron chi connectivity index (χ4n) is 3.58. The van der Waals surface area contributed by atoms with Crippen molar-refractivity contribution in [2.24, 2.45) is 0 Å². The lowest BCUT2D eigenvalue weighted by Gasteiger charge is -2.13. The Bertz CT molecular complexity index is 1560. The van der Waals surface area contributed by atoms with Crippen molar-refractivity contribution in [3.05, 3.63) is 94.4 Å². The van der Waals surface area contributed by atoms with Gasteiger partial charge in [-0.1, -0.05) is 30.7 Å². The molecule has 10 heteroatoms. The van der Waals surface area contributed by atoms with Crippen LogP contribution < -0.4 is 4.72 Å². The molecule has 1 heterocycles. The van der Waals surface area contributed by atoms with Gasteiger partial charge in [0.1, 0.15) is 0 Å². The first kappa shape index (κ1) is 24.7. The highest BCUT2D eigenvalue weighted by Crippen LogP contribution is 2.29. The van der Waals surface area contributed by atoms with Crippen LogP contribution in [0.25, 0.3) is 22.0 Å². The first-order chi connectivity index (χ1) is 16.6. The van der Waals surface area contributed by atoms with E-state index >= 15 is 4.39 Å². The Morgan fingerprint density at radius 2 is 1.69 bits per heavy atom. The van der Waals surface area contributed by atoms with Gasteiger partial charge in [-0.15, -0.1) is 0 Å². The number of pyridine rings is 1. The molecule has 0 aliphatic carbocycles. The zero-order valence-electron chi connectivity index (χ0n) is 18.3. The van der Waals surface area contributed by atoms with Crippen LogP contribution >= 0.6 is 11.6 Å². The molecule has 4 aromatic rings. The van der Waals surface area contributed by atoms with Crippen LogP contribution in [-0.2, 0) is 10.0 Å². The number of nitrogens with one attached hydrogen (secondary N) is 1. The number of ketones is 1. The third kappa shape index (κ3) is 5.16. The molecule has 0 aliphatic rings. The van der Waals surface area contributed by atoms with Gasteiger partial charge in [0.05, 0.1) is 22.5 Å². The van der Waals surface area contributed by atoms with Crippen LogP contribution in [0, 0.1) is 17.5 Å². The highest BCUT2D eigenvalue weighted by atomic mass is 35.5. The number of fused-ring (bicyclic) bond motifs is 1. The topological polar surface area (TPSA) is 76.1 Å². The summed E-state index contributed by atoms with van der Waals surface area (Å²) in [6, 6.07) is 13.3. The average Bonchev–Trinajstić information content (AvgIpc) is 2.82. The van der Waals surface area contributed by atoms with Gasteiger partial charge in [-0.25, -0.2) is 21.6 Å². The van der Waals surface area contributed by atoms with E-state index in [2.05, 4.69) is 4.98 Å². The van der Waals surface area contributed by atoms with Gasteiger partial charge in [0.15, 0.2) is 23.2 Å². The molecule has 0 atom stereocenters. The van der Waals surface area contributed by atoms with Crippen molar-refractivity contribution in [3.8, 4) is 11.1 Å². The monoisotopic (exact) mass is 518 g/mol. The molecule has 1 N–H and O–H groups in total. The maximum atomic E-state index is 15.1. The smallest absolute Gasteiger partial charge is 0.232 e. The highest BCUT2D eigenvalue weighted by Gasteiger charge is 2.27. The van der Waals surface area contributed by atoms with E-state index in [1.807, 2.05) is 4.72 Å². The molecule has 5 nitrogen and oxygen atoms in total. The van der Waals surface area contributed by atoms with Gasteiger partial charge in [-0.2, -0.15) is 0 Å². The summed E-state index contributed by atoms with van der Waals surface area (Å²) < 4.78 is 69.8. The second-order valence-electron chi connectivity index (χ2n) is 7.80. The van der Waals surface area contributed by atoms with Crippen molar-refractivity contribution < 1.29 is 26.4 Å². The number of rotatable bonds is 7. The number of carbonyl (C=O) groups is 1. The van der Waals surface area contributed by atoms with Crippen LogP contribution in [0.4, 0.5) is 18.9 Å². The van der Waals surface area contributed by atoms with Crippen molar-refractivity contribution in [1.82, 2.24) is 4.98 Å². The quantitative estimate of drug-likeness (QED) is 0.228. The molecular formula is C25H18ClF3N2O3S. The molecule has 0 spiro atoms. The molecule has 35 heavy (non-hydrogen) atoms. The van der Waals surface area contributed by atoms with E-state index in [-0.39, 0.29) is 17.7 Å². The van der Waals surface area contributed by atoms with E-state index in [0.717, 1.165) is 11.1 Å². The molecule has 0 unspecified atom stereocenters. The van der Waals surface area contributed by atoms with Crippen LogP contribution in [0.3, 0.4) is 0 Å². The number of halogens is 4. The number of nitrogens with zero attached hydrogens (tertiary/aromatic N) is 1. The Labute approximate surface area is 204 Å². The summed E-state index contributed by atoms with van der Waals surface area (Å²) in [4.78, 5) is 17.4. The van der Waals surface area contributed by atoms with E-state index in [0.29, 0.717) is 22.0 Å². The fourth-order valence-corrected chi connectivity index (χ4v) is 4.83. The molecule has 0 aliphatic heterocycles. The zero-order valence-corrected chi connectivity index (χ0v) is 19.9. The van der Waals surface area contributed by atoms with E-state index in [1.54, 1.807) is 43.5 Å². The Hall–Kier alpha value is -3.43. The number of hydrogen-bond acceptors (Lipinski definition) is 4. The van der Waals surface area contributed by atoms with E-state index in [1.165, 1.54) is 18.2 Å². The van der Waals surface area contributed by atoms with Crippen molar-refractivity contribution in [2.45, 2.75) is 13.3 Å². The molecule has 0 saturated heterocycles. The minimum Gasteiger partial charge on any atom is -0.288 e. The van der Waals surface area contributed by atoms with Gasteiger partial charge < -0.3 is 0 Å². The van der Waals surface area contributed by atoms with E-state index in [9.17, 15) is 22.0 Å².